The average molecular weight is 229 g/mol. The fourth-order valence-corrected chi connectivity index (χ4v) is 1.43. The Morgan fingerprint density at radius 1 is 1.31 bits per heavy atom. The van der Waals surface area contributed by atoms with E-state index >= 15 is 0 Å². The number of hydrogen-bond donors (Lipinski definition) is 2. The summed E-state index contributed by atoms with van der Waals surface area (Å²) in [6, 6.07) is 3.14. The lowest BCUT2D eigenvalue weighted by Crippen LogP contribution is -2.92. The van der Waals surface area contributed by atoms with E-state index in [1.807, 2.05) is 0 Å². The number of amides is 1. The third-order valence-electron chi connectivity index (χ3n) is 2.50. The number of primary amides is 1. The molecule has 0 saturated carbocycles. The molecule has 0 fully saturated rings. The number of carbonyl (C=O) groups excluding carboxylic acids is 1. The van der Waals surface area contributed by atoms with Crippen molar-refractivity contribution >= 4 is 5.91 Å². The molecule has 2 atom stereocenters. The molecule has 1 rings (SSSR count). The lowest BCUT2D eigenvalue weighted by molar-refractivity contribution is -0.710. The first-order valence-corrected chi connectivity index (χ1v) is 5.01. The van der Waals surface area contributed by atoms with Crippen LogP contribution in [0.4, 0.5) is 8.78 Å². The van der Waals surface area contributed by atoms with Crippen molar-refractivity contribution in [3.63, 3.8) is 0 Å². The Balaban J connectivity index is 2.76. The fourth-order valence-electron chi connectivity index (χ4n) is 1.43. The molecule has 88 valence electrons. The van der Waals surface area contributed by atoms with Gasteiger partial charge in [0, 0.05) is 5.56 Å². The highest BCUT2D eigenvalue weighted by Crippen LogP contribution is 2.13. The second kappa shape index (κ2) is 5.03. The average Bonchev–Trinajstić information content (AvgIpc) is 2.21. The van der Waals surface area contributed by atoms with Crippen molar-refractivity contribution < 1.29 is 18.9 Å². The van der Waals surface area contributed by atoms with Crippen LogP contribution in [0.2, 0.25) is 0 Å². The molecule has 16 heavy (non-hydrogen) atoms. The Labute approximate surface area is 92.6 Å². The smallest absolute Gasteiger partial charge is 0.275 e. The van der Waals surface area contributed by atoms with Gasteiger partial charge in [-0.2, -0.15) is 0 Å². The molecule has 0 saturated heterocycles. The highest BCUT2D eigenvalue weighted by Gasteiger charge is 2.18. The van der Waals surface area contributed by atoms with E-state index in [2.05, 4.69) is 0 Å². The Hall–Kier alpha value is -1.49. The molecule has 0 heterocycles. The van der Waals surface area contributed by atoms with Gasteiger partial charge in [-0.05, 0) is 32.0 Å². The maximum atomic E-state index is 13.0. The summed E-state index contributed by atoms with van der Waals surface area (Å²) < 4.78 is 25.6. The van der Waals surface area contributed by atoms with Gasteiger partial charge in [-0.3, -0.25) is 4.79 Å². The summed E-state index contributed by atoms with van der Waals surface area (Å²) >= 11 is 0. The predicted molar refractivity (Wildman–Crippen MR) is 55.4 cm³/mol. The molecule has 1 aromatic carbocycles. The van der Waals surface area contributed by atoms with Gasteiger partial charge in [0.15, 0.2) is 17.7 Å². The van der Waals surface area contributed by atoms with Crippen LogP contribution < -0.4 is 11.1 Å². The zero-order valence-electron chi connectivity index (χ0n) is 9.21. The van der Waals surface area contributed by atoms with Crippen molar-refractivity contribution in [1.82, 2.24) is 0 Å². The maximum Gasteiger partial charge on any atom is 0.275 e. The SMILES string of the molecule is C[C@H]([NH2+][C@H](C)C(N)=O)c1ccc(F)c(F)c1. The zero-order valence-corrected chi connectivity index (χ0v) is 9.21. The van der Waals surface area contributed by atoms with Crippen LogP contribution in [-0.2, 0) is 4.79 Å². The van der Waals surface area contributed by atoms with Crippen LogP contribution in [0.1, 0.15) is 25.5 Å². The van der Waals surface area contributed by atoms with Crippen LogP contribution in [0.5, 0.6) is 0 Å². The second-order valence-electron chi connectivity index (χ2n) is 3.85. The Morgan fingerprint density at radius 2 is 1.94 bits per heavy atom. The third-order valence-corrected chi connectivity index (χ3v) is 2.50. The summed E-state index contributed by atoms with van der Waals surface area (Å²) in [4.78, 5) is 10.8. The third kappa shape index (κ3) is 3.00. The fraction of sp³-hybridized carbons (Fsp3) is 0.364. The highest BCUT2D eigenvalue weighted by molar-refractivity contribution is 5.77. The monoisotopic (exact) mass is 229 g/mol. The van der Waals surface area contributed by atoms with Crippen LogP contribution in [0, 0.1) is 11.6 Å². The molecule has 4 N–H and O–H groups in total. The minimum Gasteiger partial charge on any atom is -0.365 e. The predicted octanol–water partition coefficient (Wildman–Crippen LogP) is 0.463. The molecular weight excluding hydrogens is 214 g/mol. The first kappa shape index (κ1) is 12.6. The number of rotatable bonds is 4. The van der Waals surface area contributed by atoms with Gasteiger partial charge < -0.3 is 11.1 Å². The van der Waals surface area contributed by atoms with Crippen LogP contribution >= 0.6 is 0 Å². The lowest BCUT2D eigenvalue weighted by atomic mass is 10.1. The minimum atomic E-state index is -0.885. The summed E-state index contributed by atoms with van der Waals surface area (Å²) in [5, 5.41) is 1.70. The molecule has 0 aliphatic rings. The van der Waals surface area contributed by atoms with E-state index in [4.69, 9.17) is 5.73 Å². The van der Waals surface area contributed by atoms with Crippen molar-refractivity contribution in [2.75, 3.05) is 0 Å². The maximum absolute atomic E-state index is 13.0. The molecule has 1 amide bonds. The van der Waals surface area contributed by atoms with E-state index in [1.165, 1.54) is 6.07 Å². The van der Waals surface area contributed by atoms with Gasteiger partial charge in [0.25, 0.3) is 5.91 Å². The van der Waals surface area contributed by atoms with Gasteiger partial charge in [0.05, 0.1) is 0 Å². The molecule has 0 spiro atoms. The molecule has 1 aromatic rings. The van der Waals surface area contributed by atoms with Crippen molar-refractivity contribution in [3.8, 4) is 0 Å². The molecular formula is C11H15F2N2O+. The van der Waals surface area contributed by atoms with E-state index < -0.39 is 23.6 Å². The van der Waals surface area contributed by atoms with Gasteiger partial charge in [-0.25, -0.2) is 8.78 Å². The number of carbonyl (C=O) groups is 1. The summed E-state index contributed by atoms with van der Waals surface area (Å²) in [5.41, 5.74) is 5.73. The Morgan fingerprint density at radius 3 is 2.44 bits per heavy atom. The van der Waals surface area contributed by atoms with Crippen molar-refractivity contribution in [1.29, 1.82) is 0 Å². The normalized spacial score (nSPS) is 14.5. The quantitative estimate of drug-likeness (QED) is 0.774. The van der Waals surface area contributed by atoms with Gasteiger partial charge in [-0.15, -0.1) is 0 Å². The van der Waals surface area contributed by atoms with Crippen molar-refractivity contribution in [2.45, 2.75) is 25.9 Å². The van der Waals surface area contributed by atoms with E-state index in [9.17, 15) is 13.6 Å². The van der Waals surface area contributed by atoms with E-state index in [0.717, 1.165) is 12.1 Å². The Kier molecular flexibility index (Phi) is 3.95. The minimum absolute atomic E-state index is 0.155. The van der Waals surface area contributed by atoms with Crippen molar-refractivity contribution in [2.24, 2.45) is 5.73 Å². The first-order chi connectivity index (χ1) is 7.41. The second-order valence-corrected chi connectivity index (χ2v) is 3.85. The van der Waals surface area contributed by atoms with E-state index in [1.54, 1.807) is 19.2 Å². The van der Waals surface area contributed by atoms with Crippen molar-refractivity contribution in [3.05, 3.63) is 35.4 Å². The first-order valence-electron chi connectivity index (χ1n) is 5.01. The summed E-state index contributed by atoms with van der Waals surface area (Å²) in [7, 11) is 0. The number of nitrogens with two attached hydrogens (primary N) is 2. The van der Waals surface area contributed by atoms with Gasteiger partial charge in [-0.1, -0.05) is 0 Å². The molecule has 0 aliphatic carbocycles. The van der Waals surface area contributed by atoms with E-state index in [-0.39, 0.29) is 6.04 Å². The van der Waals surface area contributed by atoms with Gasteiger partial charge in [0.2, 0.25) is 0 Å². The highest BCUT2D eigenvalue weighted by atomic mass is 19.2. The molecule has 0 radical (unpaired) electrons. The van der Waals surface area contributed by atoms with Crippen LogP contribution in [0.3, 0.4) is 0 Å². The molecule has 0 bridgehead atoms. The number of quaternary nitrogens is 1. The van der Waals surface area contributed by atoms with Crippen LogP contribution in [-0.4, -0.2) is 11.9 Å². The van der Waals surface area contributed by atoms with E-state index in [0.29, 0.717) is 5.56 Å². The molecule has 0 aromatic heterocycles. The van der Waals surface area contributed by atoms with Gasteiger partial charge >= 0.3 is 0 Å². The number of benzene rings is 1. The molecule has 5 heteroatoms. The molecule has 3 nitrogen and oxygen atoms in total. The lowest BCUT2D eigenvalue weighted by Gasteiger charge is -2.14. The van der Waals surface area contributed by atoms with Gasteiger partial charge in [0.1, 0.15) is 6.04 Å². The molecule has 0 unspecified atom stereocenters. The number of halogens is 2. The summed E-state index contributed by atoms with van der Waals surface area (Å²) in [6.45, 7) is 3.46. The topological polar surface area (TPSA) is 59.7 Å². The summed E-state index contributed by atoms with van der Waals surface area (Å²) in [5.74, 6) is -2.20. The standard InChI is InChI=1S/C11H14F2N2O/c1-6(15-7(2)11(14)16)8-3-4-9(12)10(13)5-8/h3-7,15H,1-2H3,(H2,14,16)/p+1/t6-,7+/m0/s1. The summed E-state index contributed by atoms with van der Waals surface area (Å²) in [6.07, 6.45) is 0. The zero-order chi connectivity index (χ0) is 12.3. The Bertz CT molecular complexity index is 396. The van der Waals surface area contributed by atoms with Crippen LogP contribution in [0.15, 0.2) is 18.2 Å². The molecule has 0 aliphatic heterocycles. The van der Waals surface area contributed by atoms with Crippen LogP contribution in [0.25, 0.3) is 0 Å². The number of hydrogen-bond acceptors (Lipinski definition) is 1. The largest absolute Gasteiger partial charge is 0.365 e.